The summed E-state index contributed by atoms with van der Waals surface area (Å²) in [4.78, 5) is 0.966. The zero-order chi connectivity index (χ0) is 11.1. The Morgan fingerprint density at radius 1 is 1.33 bits per heavy atom. The standard InChI is InChI=1S/C11H15F2NS/c1-14-7-6-9-4-2-3-5-10(9)15-8-11(12)13/h2-5,11,14H,6-8H2,1H3. The van der Waals surface area contributed by atoms with Gasteiger partial charge in [-0.1, -0.05) is 18.2 Å². The van der Waals surface area contributed by atoms with Crippen LogP contribution in [0.4, 0.5) is 8.78 Å². The number of nitrogens with one attached hydrogen (secondary N) is 1. The van der Waals surface area contributed by atoms with E-state index in [1.165, 1.54) is 11.8 Å². The van der Waals surface area contributed by atoms with Crippen molar-refractivity contribution in [3.05, 3.63) is 29.8 Å². The molecule has 0 aliphatic heterocycles. The molecular weight excluding hydrogens is 216 g/mol. The first kappa shape index (κ1) is 12.5. The molecule has 0 amide bonds. The summed E-state index contributed by atoms with van der Waals surface area (Å²) >= 11 is 1.23. The topological polar surface area (TPSA) is 12.0 Å². The van der Waals surface area contributed by atoms with E-state index in [4.69, 9.17) is 0 Å². The number of hydrogen-bond acceptors (Lipinski definition) is 2. The molecular formula is C11H15F2NS. The highest BCUT2D eigenvalue weighted by Gasteiger charge is 2.06. The number of likely N-dealkylation sites (N-methyl/N-ethyl adjacent to an activating group) is 1. The summed E-state index contributed by atoms with van der Waals surface area (Å²) in [5, 5.41) is 3.05. The number of benzene rings is 1. The van der Waals surface area contributed by atoms with Crippen molar-refractivity contribution >= 4 is 11.8 Å². The van der Waals surface area contributed by atoms with Crippen LogP contribution in [0.5, 0.6) is 0 Å². The average Bonchev–Trinajstić information content (AvgIpc) is 2.24. The molecule has 1 aromatic rings. The van der Waals surface area contributed by atoms with Gasteiger partial charge in [-0.2, -0.15) is 0 Å². The maximum absolute atomic E-state index is 12.1. The van der Waals surface area contributed by atoms with Gasteiger partial charge in [0.15, 0.2) is 0 Å². The van der Waals surface area contributed by atoms with Crippen LogP contribution in [0, 0.1) is 0 Å². The maximum atomic E-state index is 12.1. The SMILES string of the molecule is CNCCc1ccccc1SCC(F)F. The fraction of sp³-hybridized carbons (Fsp3) is 0.455. The van der Waals surface area contributed by atoms with Crippen molar-refractivity contribution in [3.8, 4) is 0 Å². The third kappa shape index (κ3) is 4.62. The number of halogens is 2. The van der Waals surface area contributed by atoms with Crippen molar-refractivity contribution in [3.63, 3.8) is 0 Å². The first-order valence-electron chi connectivity index (χ1n) is 4.87. The Morgan fingerprint density at radius 2 is 2.07 bits per heavy atom. The molecule has 0 saturated carbocycles. The van der Waals surface area contributed by atoms with E-state index in [0.29, 0.717) is 0 Å². The number of hydrogen-bond donors (Lipinski definition) is 1. The predicted octanol–water partition coefficient (Wildman–Crippen LogP) is 2.81. The molecule has 0 unspecified atom stereocenters. The van der Waals surface area contributed by atoms with Crippen molar-refractivity contribution in [2.75, 3.05) is 19.3 Å². The van der Waals surface area contributed by atoms with E-state index in [-0.39, 0.29) is 5.75 Å². The Labute approximate surface area is 93.3 Å². The summed E-state index contributed by atoms with van der Waals surface area (Å²) in [6, 6.07) is 7.72. The van der Waals surface area contributed by atoms with Gasteiger partial charge in [-0.05, 0) is 31.6 Å². The highest BCUT2D eigenvalue weighted by atomic mass is 32.2. The van der Waals surface area contributed by atoms with E-state index in [0.717, 1.165) is 23.4 Å². The van der Waals surface area contributed by atoms with Crippen LogP contribution in [0.15, 0.2) is 29.2 Å². The monoisotopic (exact) mass is 231 g/mol. The minimum Gasteiger partial charge on any atom is -0.319 e. The molecule has 0 aliphatic rings. The lowest BCUT2D eigenvalue weighted by atomic mass is 10.1. The molecule has 0 saturated heterocycles. The van der Waals surface area contributed by atoms with Crippen molar-refractivity contribution in [2.45, 2.75) is 17.7 Å². The molecule has 0 spiro atoms. The van der Waals surface area contributed by atoms with Crippen LogP contribution in [-0.4, -0.2) is 25.8 Å². The third-order valence-corrected chi connectivity index (χ3v) is 3.11. The van der Waals surface area contributed by atoms with Gasteiger partial charge in [-0.25, -0.2) is 8.78 Å². The number of rotatable bonds is 6. The summed E-state index contributed by atoms with van der Waals surface area (Å²) in [7, 11) is 1.88. The average molecular weight is 231 g/mol. The van der Waals surface area contributed by atoms with Gasteiger partial charge < -0.3 is 5.32 Å². The lowest BCUT2D eigenvalue weighted by molar-refractivity contribution is 0.177. The predicted molar refractivity (Wildman–Crippen MR) is 60.8 cm³/mol. The smallest absolute Gasteiger partial charge is 0.247 e. The van der Waals surface area contributed by atoms with Crippen molar-refractivity contribution in [2.24, 2.45) is 0 Å². The van der Waals surface area contributed by atoms with Crippen LogP contribution in [-0.2, 0) is 6.42 Å². The normalized spacial score (nSPS) is 10.9. The molecule has 0 aliphatic carbocycles. The van der Waals surface area contributed by atoms with Crippen LogP contribution >= 0.6 is 11.8 Å². The van der Waals surface area contributed by atoms with Crippen molar-refractivity contribution in [1.82, 2.24) is 5.32 Å². The molecule has 0 heterocycles. The minimum atomic E-state index is -2.24. The van der Waals surface area contributed by atoms with E-state index in [1.807, 2.05) is 31.3 Å². The molecule has 1 aromatic carbocycles. The second kappa shape index (κ2) is 6.80. The largest absolute Gasteiger partial charge is 0.319 e. The Bertz CT molecular complexity index is 292. The molecule has 0 fully saturated rings. The molecule has 1 nitrogen and oxygen atoms in total. The highest BCUT2D eigenvalue weighted by Crippen LogP contribution is 2.24. The Balaban J connectivity index is 2.59. The second-order valence-corrected chi connectivity index (χ2v) is 4.23. The molecule has 1 rings (SSSR count). The van der Waals surface area contributed by atoms with Gasteiger partial charge in [0.2, 0.25) is 6.43 Å². The zero-order valence-electron chi connectivity index (χ0n) is 8.67. The van der Waals surface area contributed by atoms with Crippen LogP contribution in [0.3, 0.4) is 0 Å². The number of thioether (sulfide) groups is 1. The van der Waals surface area contributed by atoms with Gasteiger partial charge in [-0.15, -0.1) is 11.8 Å². The van der Waals surface area contributed by atoms with Crippen molar-refractivity contribution < 1.29 is 8.78 Å². The summed E-state index contributed by atoms with van der Waals surface area (Å²) in [5.74, 6) is -0.128. The van der Waals surface area contributed by atoms with Crippen LogP contribution < -0.4 is 5.32 Å². The van der Waals surface area contributed by atoms with Gasteiger partial charge in [0.05, 0.1) is 5.75 Å². The van der Waals surface area contributed by atoms with Crippen LogP contribution in [0.1, 0.15) is 5.56 Å². The maximum Gasteiger partial charge on any atom is 0.247 e. The van der Waals surface area contributed by atoms with Crippen LogP contribution in [0.25, 0.3) is 0 Å². The Kier molecular flexibility index (Phi) is 5.65. The first-order valence-corrected chi connectivity index (χ1v) is 5.86. The fourth-order valence-corrected chi connectivity index (χ4v) is 2.10. The van der Waals surface area contributed by atoms with Gasteiger partial charge in [-0.3, -0.25) is 0 Å². The summed E-state index contributed by atoms with van der Waals surface area (Å²) < 4.78 is 24.1. The van der Waals surface area contributed by atoms with Crippen LogP contribution in [0.2, 0.25) is 0 Å². The lowest BCUT2D eigenvalue weighted by Crippen LogP contribution is -2.10. The molecule has 0 aromatic heterocycles. The second-order valence-electron chi connectivity index (χ2n) is 3.16. The Hall–Kier alpha value is -0.610. The molecule has 84 valence electrons. The quantitative estimate of drug-likeness (QED) is 0.756. The fourth-order valence-electron chi connectivity index (χ4n) is 1.26. The highest BCUT2D eigenvalue weighted by molar-refractivity contribution is 7.99. The van der Waals surface area contributed by atoms with Gasteiger partial charge in [0.25, 0.3) is 0 Å². The van der Waals surface area contributed by atoms with E-state index in [9.17, 15) is 8.78 Å². The summed E-state index contributed by atoms with van der Waals surface area (Å²) in [6.45, 7) is 0.867. The first-order chi connectivity index (χ1) is 7.24. The molecule has 15 heavy (non-hydrogen) atoms. The van der Waals surface area contributed by atoms with E-state index < -0.39 is 6.43 Å². The number of alkyl halides is 2. The third-order valence-electron chi connectivity index (χ3n) is 1.98. The van der Waals surface area contributed by atoms with Gasteiger partial charge >= 0.3 is 0 Å². The van der Waals surface area contributed by atoms with Crippen molar-refractivity contribution in [1.29, 1.82) is 0 Å². The van der Waals surface area contributed by atoms with Gasteiger partial charge in [0, 0.05) is 4.90 Å². The lowest BCUT2D eigenvalue weighted by Gasteiger charge is -2.08. The van der Waals surface area contributed by atoms with Gasteiger partial charge in [0.1, 0.15) is 0 Å². The molecule has 4 heteroatoms. The molecule has 0 bridgehead atoms. The van der Waals surface area contributed by atoms with E-state index >= 15 is 0 Å². The van der Waals surface area contributed by atoms with E-state index in [2.05, 4.69) is 5.32 Å². The zero-order valence-corrected chi connectivity index (χ0v) is 9.49. The Morgan fingerprint density at radius 3 is 2.73 bits per heavy atom. The molecule has 0 radical (unpaired) electrons. The minimum absolute atomic E-state index is 0.128. The summed E-state index contributed by atoms with van der Waals surface area (Å²) in [6.07, 6.45) is -1.37. The van der Waals surface area contributed by atoms with E-state index in [1.54, 1.807) is 0 Å². The summed E-state index contributed by atoms with van der Waals surface area (Å²) in [5.41, 5.74) is 1.14. The molecule has 1 N–H and O–H groups in total. The molecule has 0 atom stereocenters.